The molecule has 0 heterocycles. The highest BCUT2D eigenvalue weighted by Crippen LogP contribution is 2.67. The van der Waals surface area contributed by atoms with Gasteiger partial charge in [-0.25, -0.2) is 8.78 Å². The monoisotopic (exact) mass is 350 g/mol. The Morgan fingerprint density at radius 1 is 1.12 bits per heavy atom. The largest absolute Gasteiger partial charge is 0.299 e. The summed E-state index contributed by atoms with van der Waals surface area (Å²) in [4.78, 5) is 25.1. The minimum atomic E-state index is -2.72. The topological polar surface area (TPSA) is 34.1 Å². The van der Waals surface area contributed by atoms with Crippen molar-refractivity contribution in [2.24, 2.45) is 34.5 Å². The van der Waals surface area contributed by atoms with Gasteiger partial charge in [-0.15, -0.1) is 0 Å². The molecule has 6 atom stereocenters. The molecule has 25 heavy (non-hydrogen) atoms. The first-order chi connectivity index (χ1) is 11.6. The second kappa shape index (κ2) is 5.23. The molecule has 0 aliphatic heterocycles. The molecule has 3 saturated carbocycles. The molecule has 0 N–H and O–H groups in total. The molecule has 2 nitrogen and oxygen atoms in total. The van der Waals surface area contributed by atoms with Crippen LogP contribution in [-0.4, -0.2) is 17.5 Å². The van der Waals surface area contributed by atoms with E-state index in [1.165, 1.54) is 0 Å². The Bertz CT molecular complexity index is 661. The third-order valence-electron chi connectivity index (χ3n) is 8.26. The molecule has 0 aromatic heterocycles. The lowest BCUT2D eigenvalue weighted by Gasteiger charge is -2.57. The maximum absolute atomic E-state index is 14.2. The standard InChI is InChI=1S/C21H28F2O2/c1-19-9-8-13(24)10-12(19)4-5-14-15-6-7-17(21(3,22)23)20(15,2)11-16(25)18(14)19/h10,14-15,17-18H,4-9,11H2,1-3H3/t14-,15-,17-,18+,19-,20-/m0/s1. The number of hydrogen-bond acceptors (Lipinski definition) is 2. The number of Topliss-reactive ketones (excluding diaryl/α,β-unsaturated/α-hetero) is 1. The highest BCUT2D eigenvalue weighted by molar-refractivity contribution is 5.93. The number of alkyl halides is 2. The summed E-state index contributed by atoms with van der Waals surface area (Å²) in [5.41, 5.74) is 0.331. The Balaban J connectivity index is 1.73. The molecule has 0 saturated heterocycles. The highest BCUT2D eigenvalue weighted by atomic mass is 19.3. The van der Waals surface area contributed by atoms with Gasteiger partial charge in [0, 0.05) is 24.7 Å². The Morgan fingerprint density at radius 2 is 1.84 bits per heavy atom. The van der Waals surface area contributed by atoms with Gasteiger partial charge >= 0.3 is 0 Å². The zero-order chi connectivity index (χ0) is 18.2. The average molecular weight is 350 g/mol. The van der Waals surface area contributed by atoms with Crippen LogP contribution in [0, 0.1) is 34.5 Å². The van der Waals surface area contributed by atoms with Crippen molar-refractivity contribution in [1.82, 2.24) is 0 Å². The van der Waals surface area contributed by atoms with Gasteiger partial charge in [-0.3, -0.25) is 9.59 Å². The van der Waals surface area contributed by atoms with E-state index in [1.54, 1.807) is 6.08 Å². The first-order valence-corrected chi connectivity index (χ1v) is 9.72. The number of fused-ring (bicyclic) bond motifs is 5. The summed E-state index contributed by atoms with van der Waals surface area (Å²) in [5, 5.41) is 0. The van der Waals surface area contributed by atoms with E-state index >= 15 is 0 Å². The second-order valence-electron chi connectivity index (χ2n) is 9.58. The van der Waals surface area contributed by atoms with Crippen LogP contribution in [0.15, 0.2) is 11.6 Å². The van der Waals surface area contributed by atoms with Gasteiger partial charge in [-0.1, -0.05) is 19.4 Å². The SMILES string of the molecule is CC(F)(F)[C@H]1CC[C@H]2[C@@H]3CCC4=CC(=O)CC[C@]4(C)[C@H]3C(=O)C[C@]12C. The van der Waals surface area contributed by atoms with E-state index < -0.39 is 17.3 Å². The maximum atomic E-state index is 14.2. The predicted octanol–water partition coefficient (Wildman–Crippen LogP) is 4.97. The van der Waals surface area contributed by atoms with Crippen LogP contribution < -0.4 is 0 Å². The normalized spacial score (nSPS) is 47.0. The van der Waals surface area contributed by atoms with Crippen LogP contribution in [-0.2, 0) is 9.59 Å². The van der Waals surface area contributed by atoms with Crippen LogP contribution in [0.2, 0.25) is 0 Å². The summed E-state index contributed by atoms with van der Waals surface area (Å²) in [6, 6.07) is 0. The Morgan fingerprint density at radius 3 is 2.52 bits per heavy atom. The number of rotatable bonds is 1. The third kappa shape index (κ3) is 2.31. The van der Waals surface area contributed by atoms with Gasteiger partial charge < -0.3 is 0 Å². The van der Waals surface area contributed by atoms with Gasteiger partial charge in [0.25, 0.3) is 0 Å². The number of carbonyl (C=O) groups excluding carboxylic acids is 2. The van der Waals surface area contributed by atoms with E-state index in [0.29, 0.717) is 12.8 Å². The van der Waals surface area contributed by atoms with Crippen LogP contribution in [0.25, 0.3) is 0 Å². The lowest BCUT2D eigenvalue weighted by atomic mass is 9.46. The zero-order valence-electron chi connectivity index (χ0n) is 15.4. The first-order valence-electron chi connectivity index (χ1n) is 9.72. The molecule has 0 aromatic rings. The molecule has 0 amide bonds. The molecule has 3 fully saturated rings. The molecule has 0 unspecified atom stereocenters. The molecular weight excluding hydrogens is 322 g/mol. The number of allylic oxidation sites excluding steroid dienone is 1. The fourth-order valence-corrected chi connectivity index (χ4v) is 7.22. The number of carbonyl (C=O) groups is 2. The number of halogens is 2. The van der Waals surface area contributed by atoms with Crippen molar-refractivity contribution in [3.8, 4) is 0 Å². The summed E-state index contributed by atoms with van der Waals surface area (Å²) in [6.07, 6.45) is 6.35. The van der Waals surface area contributed by atoms with Crippen LogP contribution in [0.5, 0.6) is 0 Å². The van der Waals surface area contributed by atoms with Crippen molar-refractivity contribution in [1.29, 1.82) is 0 Å². The zero-order valence-corrected chi connectivity index (χ0v) is 15.4. The van der Waals surface area contributed by atoms with Crippen LogP contribution in [0.1, 0.15) is 65.7 Å². The Kier molecular flexibility index (Phi) is 3.63. The van der Waals surface area contributed by atoms with Crippen molar-refractivity contribution in [2.45, 2.75) is 71.6 Å². The molecular formula is C21H28F2O2. The highest BCUT2D eigenvalue weighted by Gasteiger charge is 2.65. The van der Waals surface area contributed by atoms with E-state index in [0.717, 1.165) is 38.2 Å². The van der Waals surface area contributed by atoms with Gasteiger partial charge in [0.2, 0.25) is 5.92 Å². The first kappa shape index (κ1) is 17.4. The molecule has 4 aliphatic carbocycles. The number of hydrogen-bond donors (Lipinski definition) is 0. The van der Waals surface area contributed by atoms with Gasteiger partial charge in [-0.05, 0) is 67.8 Å². The van der Waals surface area contributed by atoms with Gasteiger partial charge in [0.05, 0.1) is 0 Å². The molecule has 4 aliphatic rings. The average Bonchev–Trinajstić information content (AvgIpc) is 2.84. The molecule has 0 spiro atoms. The minimum Gasteiger partial charge on any atom is -0.299 e. The van der Waals surface area contributed by atoms with E-state index in [4.69, 9.17) is 0 Å². The van der Waals surface area contributed by atoms with Crippen LogP contribution >= 0.6 is 0 Å². The number of ketones is 2. The van der Waals surface area contributed by atoms with Crippen molar-refractivity contribution in [3.63, 3.8) is 0 Å². The molecule has 4 rings (SSSR count). The smallest absolute Gasteiger partial charge is 0.248 e. The van der Waals surface area contributed by atoms with E-state index in [2.05, 4.69) is 6.92 Å². The fourth-order valence-electron chi connectivity index (χ4n) is 7.22. The van der Waals surface area contributed by atoms with E-state index in [-0.39, 0.29) is 41.2 Å². The lowest BCUT2D eigenvalue weighted by Crippen LogP contribution is -2.56. The minimum absolute atomic E-state index is 0.0806. The van der Waals surface area contributed by atoms with Gasteiger partial charge in [0.1, 0.15) is 5.78 Å². The summed E-state index contributed by atoms with van der Waals surface area (Å²) in [5.74, 6) is -2.74. The van der Waals surface area contributed by atoms with Crippen LogP contribution in [0.4, 0.5) is 8.78 Å². The van der Waals surface area contributed by atoms with E-state index in [1.807, 2.05) is 6.92 Å². The van der Waals surface area contributed by atoms with Crippen molar-refractivity contribution >= 4 is 11.6 Å². The maximum Gasteiger partial charge on any atom is 0.248 e. The second-order valence-corrected chi connectivity index (χ2v) is 9.58. The van der Waals surface area contributed by atoms with E-state index in [9.17, 15) is 18.4 Å². The summed E-state index contributed by atoms with van der Waals surface area (Å²) >= 11 is 0. The van der Waals surface area contributed by atoms with Gasteiger partial charge in [0.15, 0.2) is 5.78 Å². The molecule has 0 bridgehead atoms. The Labute approximate surface area is 148 Å². The predicted molar refractivity (Wildman–Crippen MR) is 91.2 cm³/mol. The molecule has 0 radical (unpaired) electrons. The summed E-state index contributed by atoms with van der Waals surface area (Å²) in [7, 11) is 0. The Hall–Kier alpha value is -1.06. The lowest BCUT2D eigenvalue weighted by molar-refractivity contribution is -0.155. The van der Waals surface area contributed by atoms with Crippen molar-refractivity contribution in [3.05, 3.63) is 11.6 Å². The van der Waals surface area contributed by atoms with Gasteiger partial charge in [-0.2, -0.15) is 0 Å². The quantitative estimate of drug-likeness (QED) is 0.669. The summed E-state index contributed by atoms with van der Waals surface area (Å²) < 4.78 is 28.4. The van der Waals surface area contributed by atoms with Crippen molar-refractivity contribution < 1.29 is 18.4 Å². The van der Waals surface area contributed by atoms with Crippen LogP contribution in [0.3, 0.4) is 0 Å². The fraction of sp³-hybridized carbons (Fsp3) is 0.810. The summed E-state index contributed by atoms with van der Waals surface area (Å²) in [6.45, 7) is 5.11. The molecule has 138 valence electrons. The third-order valence-corrected chi connectivity index (χ3v) is 8.26. The van der Waals surface area contributed by atoms with Crippen molar-refractivity contribution in [2.75, 3.05) is 0 Å². The molecule has 4 heteroatoms. The molecule has 0 aromatic carbocycles.